The van der Waals surface area contributed by atoms with Crippen molar-refractivity contribution in [1.29, 1.82) is 0 Å². The topological polar surface area (TPSA) is 62.3 Å². The highest BCUT2D eigenvalue weighted by Crippen LogP contribution is 2.29. The largest absolute Gasteiger partial charge is 0.497 e. The molecule has 0 spiro atoms. The van der Waals surface area contributed by atoms with Gasteiger partial charge in [-0.1, -0.05) is 0 Å². The summed E-state index contributed by atoms with van der Waals surface area (Å²) in [6.07, 6.45) is 2.67. The molecule has 0 bridgehead atoms. The number of methoxy groups -OCH3 is 2. The molecule has 0 aliphatic carbocycles. The molecule has 2 N–H and O–H groups in total. The molecule has 102 valence electrons. The van der Waals surface area contributed by atoms with E-state index in [9.17, 15) is 0 Å². The molecule has 0 saturated carbocycles. The Hall–Kier alpha value is -2.01. The van der Waals surface area contributed by atoms with E-state index in [0.29, 0.717) is 6.54 Å². The second-order valence-corrected chi connectivity index (χ2v) is 4.27. The van der Waals surface area contributed by atoms with Crippen LogP contribution in [0.25, 0.3) is 11.4 Å². The van der Waals surface area contributed by atoms with Crippen LogP contribution < -0.4 is 15.2 Å². The smallest absolute Gasteiger partial charge is 0.140 e. The first-order valence-corrected chi connectivity index (χ1v) is 6.13. The number of imidazole rings is 1. The molecule has 1 aromatic heterocycles. The lowest BCUT2D eigenvalue weighted by atomic mass is 10.2. The molecule has 0 fully saturated rings. The molecule has 0 atom stereocenters. The van der Waals surface area contributed by atoms with Crippen molar-refractivity contribution >= 4 is 0 Å². The van der Waals surface area contributed by atoms with Gasteiger partial charge in [0.1, 0.15) is 17.3 Å². The Kier molecular flexibility index (Phi) is 4.06. The van der Waals surface area contributed by atoms with Crippen LogP contribution in [0, 0.1) is 0 Å². The monoisotopic (exact) mass is 261 g/mol. The predicted molar refractivity (Wildman–Crippen MR) is 74.5 cm³/mol. The van der Waals surface area contributed by atoms with Gasteiger partial charge >= 0.3 is 0 Å². The highest BCUT2D eigenvalue weighted by molar-refractivity contribution is 5.61. The lowest BCUT2D eigenvalue weighted by Gasteiger charge is -2.09. The number of nitrogens with zero attached hydrogens (tertiary/aromatic N) is 2. The van der Waals surface area contributed by atoms with Crippen molar-refractivity contribution in [2.75, 3.05) is 20.8 Å². The molecule has 5 nitrogen and oxygen atoms in total. The van der Waals surface area contributed by atoms with Crippen LogP contribution in [0.5, 0.6) is 11.5 Å². The van der Waals surface area contributed by atoms with E-state index in [1.807, 2.05) is 36.0 Å². The Morgan fingerprint density at radius 3 is 2.32 bits per heavy atom. The molecule has 2 rings (SSSR count). The van der Waals surface area contributed by atoms with Crippen LogP contribution in [-0.4, -0.2) is 30.3 Å². The summed E-state index contributed by atoms with van der Waals surface area (Å²) in [5.41, 5.74) is 7.66. The van der Waals surface area contributed by atoms with Crippen LogP contribution in [0.4, 0.5) is 0 Å². The minimum absolute atomic E-state index is 0.612. The lowest BCUT2D eigenvalue weighted by Crippen LogP contribution is -2.07. The van der Waals surface area contributed by atoms with Gasteiger partial charge in [-0.3, -0.25) is 0 Å². The van der Waals surface area contributed by atoms with E-state index >= 15 is 0 Å². The molecule has 0 unspecified atom stereocenters. The van der Waals surface area contributed by atoms with Crippen molar-refractivity contribution in [3.8, 4) is 22.9 Å². The van der Waals surface area contributed by atoms with Crippen molar-refractivity contribution in [1.82, 2.24) is 9.55 Å². The van der Waals surface area contributed by atoms with E-state index in [1.54, 1.807) is 14.2 Å². The Morgan fingerprint density at radius 2 is 1.79 bits per heavy atom. The SMILES string of the molecule is COc1cc(OC)cc(-c2ncc(CCN)n2C)c1. The van der Waals surface area contributed by atoms with Crippen molar-refractivity contribution in [3.63, 3.8) is 0 Å². The number of nitrogens with two attached hydrogens (primary N) is 1. The van der Waals surface area contributed by atoms with Gasteiger partial charge in [-0.2, -0.15) is 0 Å². The molecule has 0 saturated heterocycles. The summed E-state index contributed by atoms with van der Waals surface area (Å²) in [6.45, 7) is 0.612. The Bertz CT molecular complexity index is 542. The molecule has 1 heterocycles. The first-order chi connectivity index (χ1) is 9.19. The van der Waals surface area contributed by atoms with E-state index < -0.39 is 0 Å². The number of rotatable bonds is 5. The first-order valence-electron chi connectivity index (χ1n) is 6.13. The van der Waals surface area contributed by atoms with Crippen molar-refractivity contribution in [2.45, 2.75) is 6.42 Å². The van der Waals surface area contributed by atoms with Crippen LogP contribution in [0.3, 0.4) is 0 Å². The molecule has 2 aromatic rings. The van der Waals surface area contributed by atoms with Gasteiger partial charge in [-0.15, -0.1) is 0 Å². The van der Waals surface area contributed by atoms with E-state index in [4.69, 9.17) is 15.2 Å². The lowest BCUT2D eigenvalue weighted by molar-refractivity contribution is 0.394. The minimum Gasteiger partial charge on any atom is -0.497 e. The third kappa shape index (κ3) is 2.71. The van der Waals surface area contributed by atoms with Gasteiger partial charge in [-0.25, -0.2) is 4.98 Å². The number of ether oxygens (including phenoxy) is 2. The molecule has 1 aromatic carbocycles. The molecule has 5 heteroatoms. The van der Waals surface area contributed by atoms with Gasteiger partial charge in [0, 0.05) is 37.0 Å². The van der Waals surface area contributed by atoms with Crippen molar-refractivity contribution < 1.29 is 9.47 Å². The molecule has 19 heavy (non-hydrogen) atoms. The highest BCUT2D eigenvalue weighted by Gasteiger charge is 2.11. The van der Waals surface area contributed by atoms with Crippen molar-refractivity contribution in [2.24, 2.45) is 12.8 Å². The average Bonchev–Trinajstić information content (AvgIpc) is 2.80. The van der Waals surface area contributed by atoms with Crippen LogP contribution in [0.1, 0.15) is 5.69 Å². The maximum absolute atomic E-state index is 5.59. The maximum Gasteiger partial charge on any atom is 0.140 e. The standard InChI is InChI=1S/C14H19N3O2/c1-17-11(4-5-15)9-16-14(17)10-6-12(18-2)8-13(7-10)19-3/h6-9H,4-5,15H2,1-3H3. The number of hydrogen-bond donors (Lipinski definition) is 1. The van der Waals surface area contributed by atoms with Gasteiger partial charge in [0.15, 0.2) is 0 Å². The highest BCUT2D eigenvalue weighted by atomic mass is 16.5. The van der Waals surface area contributed by atoms with Gasteiger partial charge in [0.2, 0.25) is 0 Å². The summed E-state index contributed by atoms with van der Waals surface area (Å²) in [4.78, 5) is 4.45. The molecule has 0 aliphatic heterocycles. The number of hydrogen-bond acceptors (Lipinski definition) is 4. The molecule has 0 amide bonds. The predicted octanol–water partition coefficient (Wildman–Crippen LogP) is 1.61. The van der Waals surface area contributed by atoms with E-state index in [1.165, 1.54) is 0 Å². The number of aromatic nitrogens is 2. The quantitative estimate of drug-likeness (QED) is 0.888. The fourth-order valence-electron chi connectivity index (χ4n) is 2.03. The summed E-state index contributed by atoms with van der Waals surface area (Å²) >= 11 is 0. The maximum atomic E-state index is 5.59. The van der Waals surface area contributed by atoms with Gasteiger partial charge in [0.25, 0.3) is 0 Å². The van der Waals surface area contributed by atoms with Crippen LogP contribution >= 0.6 is 0 Å². The summed E-state index contributed by atoms with van der Waals surface area (Å²) in [5.74, 6) is 2.37. The second-order valence-electron chi connectivity index (χ2n) is 4.27. The van der Waals surface area contributed by atoms with E-state index in [-0.39, 0.29) is 0 Å². The zero-order valence-electron chi connectivity index (χ0n) is 11.5. The normalized spacial score (nSPS) is 10.5. The van der Waals surface area contributed by atoms with E-state index in [0.717, 1.165) is 35.0 Å². The zero-order chi connectivity index (χ0) is 13.8. The van der Waals surface area contributed by atoms with Gasteiger partial charge in [-0.05, 0) is 18.7 Å². The van der Waals surface area contributed by atoms with Gasteiger partial charge in [0.05, 0.1) is 14.2 Å². The third-order valence-corrected chi connectivity index (χ3v) is 3.09. The molecular formula is C14H19N3O2. The minimum atomic E-state index is 0.612. The molecular weight excluding hydrogens is 242 g/mol. The first kappa shape index (κ1) is 13.4. The summed E-state index contributed by atoms with van der Waals surface area (Å²) in [6, 6.07) is 5.72. The van der Waals surface area contributed by atoms with Crippen LogP contribution in [0.15, 0.2) is 24.4 Å². The van der Waals surface area contributed by atoms with Crippen LogP contribution in [-0.2, 0) is 13.5 Å². The Labute approximate surface area is 113 Å². The summed E-state index contributed by atoms with van der Waals surface area (Å²) in [5, 5.41) is 0. The van der Waals surface area contributed by atoms with Gasteiger partial charge < -0.3 is 19.8 Å². The Morgan fingerprint density at radius 1 is 1.16 bits per heavy atom. The second kappa shape index (κ2) is 5.75. The summed E-state index contributed by atoms with van der Waals surface area (Å²) < 4.78 is 12.6. The number of benzene rings is 1. The van der Waals surface area contributed by atoms with E-state index in [2.05, 4.69) is 4.98 Å². The molecule has 0 aliphatic rings. The van der Waals surface area contributed by atoms with Crippen LogP contribution in [0.2, 0.25) is 0 Å². The van der Waals surface area contributed by atoms with Crippen molar-refractivity contribution in [3.05, 3.63) is 30.1 Å². The fourth-order valence-corrected chi connectivity index (χ4v) is 2.03. The average molecular weight is 261 g/mol. The zero-order valence-corrected chi connectivity index (χ0v) is 11.5. The Balaban J connectivity index is 2.46. The summed E-state index contributed by atoms with van der Waals surface area (Å²) in [7, 11) is 5.26. The molecule has 0 radical (unpaired) electrons. The fraction of sp³-hybridized carbons (Fsp3) is 0.357. The third-order valence-electron chi connectivity index (χ3n) is 3.09.